The highest BCUT2D eigenvalue weighted by Gasteiger charge is 2.22. The number of hydrogen-bond donors (Lipinski definition) is 1. The molecule has 0 unspecified atom stereocenters. The second kappa shape index (κ2) is 4.34. The monoisotopic (exact) mass is 272 g/mol. The van der Waals surface area contributed by atoms with Crippen LogP contribution in [0.15, 0.2) is 35.9 Å². The van der Waals surface area contributed by atoms with Crippen LogP contribution in [-0.2, 0) is 17.1 Å². The van der Waals surface area contributed by atoms with Crippen LogP contribution >= 0.6 is 11.6 Å². The maximum atomic E-state index is 11.9. The maximum Gasteiger partial charge on any atom is 0.282 e. The van der Waals surface area contributed by atoms with E-state index in [0.717, 1.165) is 0 Å². The zero-order valence-electron chi connectivity index (χ0n) is 8.83. The van der Waals surface area contributed by atoms with E-state index in [1.807, 2.05) is 0 Å². The minimum absolute atomic E-state index is 0.0616. The molecule has 0 aliphatic rings. The van der Waals surface area contributed by atoms with E-state index in [1.165, 1.54) is 35.4 Å². The summed E-state index contributed by atoms with van der Waals surface area (Å²) >= 11 is 5.83. The Labute approximate surface area is 103 Å². The third-order valence-corrected chi connectivity index (χ3v) is 3.89. The van der Waals surface area contributed by atoms with Gasteiger partial charge >= 0.3 is 0 Å². The fourth-order valence-corrected chi connectivity index (χ4v) is 2.69. The largest absolute Gasteiger partial charge is 0.324 e. The van der Waals surface area contributed by atoms with Crippen molar-refractivity contribution < 1.29 is 8.42 Å². The topological polar surface area (TPSA) is 76.9 Å². The molecular weight excluding hydrogens is 264 g/mol. The average molecular weight is 273 g/mol. The molecule has 90 valence electrons. The number of pyridine rings is 1. The Bertz CT molecular complexity index is 624. The van der Waals surface area contributed by atoms with E-state index in [0.29, 0.717) is 5.69 Å². The third-order valence-electron chi connectivity index (χ3n) is 2.02. The SMILES string of the molecule is Cn1cnc(S(=O)(=O)Nc2ccncc2)c1Cl. The Kier molecular flexibility index (Phi) is 3.03. The molecule has 1 N–H and O–H groups in total. The zero-order chi connectivity index (χ0) is 12.5. The molecule has 17 heavy (non-hydrogen) atoms. The van der Waals surface area contributed by atoms with Crippen LogP contribution in [0.2, 0.25) is 5.15 Å². The lowest BCUT2D eigenvalue weighted by atomic mass is 10.4. The first-order valence-corrected chi connectivity index (χ1v) is 6.46. The number of anilines is 1. The number of imidazole rings is 1. The molecule has 0 bridgehead atoms. The number of nitrogens with one attached hydrogen (secondary N) is 1. The van der Waals surface area contributed by atoms with Crippen LogP contribution in [0, 0.1) is 0 Å². The second-order valence-corrected chi connectivity index (χ2v) is 5.25. The van der Waals surface area contributed by atoms with Gasteiger partial charge in [-0.15, -0.1) is 0 Å². The van der Waals surface area contributed by atoms with Gasteiger partial charge in [-0.05, 0) is 12.1 Å². The summed E-state index contributed by atoms with van der Waals surface area (Å²) < 4.78 is 27.7. The number of nitrogens with zero attached hydrogens (tertiary/aromatic N) is 3. The molecule has 2 heterocycles. The third kappa shape index (κ3) is 2.40. The van der Waals surface area contributed by atoms with Crippen LogP contribution in [-0.4, -0.2) is 23.0 Å². The van der Waals surface area contributed by atoms with Gasteiger partial charge < -0.3 is 4.57 Å². The zero-order valence-corrected chi connectivity index (χ0v) is 10.4. The summed E-state index contributed by atoms with van der Waals surface area (Å²) in [7, 11) is -2.15. The number of hydrogen-bond acceptors (Lipinski definition) is 4. The van der Waals surface area contributed by atoms with E-state index < -0.39 is 10.0 Å². The lowest BCUT2D eigenvalue weighted by Crippen LogP contribution is -2.14. The molecule has 0 atom stereocenters. The fraction of sp³-hybridized carbons (Fsp3) is 0.111. The molecule has 0 saturated carbocycles. The number of aryl methyl sites for hydroxylation is 1. The van der Waals surface area contributed by atoms with Gasteiger partial charge in [0.25, 0.3) is 10.0 Å². The molecule has 0 amide bonds. The van der Waals surface area contributed by atoms with Crippen molar-refractivity contribution in [2.45, 2.75) is 5.03 Å². The average Bonchev–Trinajstić information content (AvgIpc) is 2.61. The first kappa shape index (κ1) is 11.9. The van der Waals surface area contributed by atoms with Crippen molar-refractivity contribution in [1.82, 2.24) is 14.5 Å². The molecule has 0 saturated heterocycles. The van der Waals surface area contributed by atoms with Crippen molar-refractivity contribution in [1.29, 1.82) is 0 Å². The predicted octanol–water partition coefficient (Wildman–Crippen LogP) is 1.27. The van der Waals surface area contributed by atoms with Crippen LogP contribution in [0.25, 0.3) is 0 Å². The van der Waals surface area contributed by atoms with Gasteiger partial charge in [0.15, 0.2) is 0 Å². The molecule has 0 aliphatic carbocycles. The summed E-state index contributed by atoms with van der Waals surface area (Å²) in [5.74, 6) is 0. The highest BCUT2D eigenvalue weighted by Crippen LogP contribution is 2.21. The number of halogens is 1. The van der Waals surface area contributed by atoms with E-state index in [2.05, 4.69) is 14.7 Å². The summed E-state index contributed by atoms with van der Waals surface area (Å²) in [5.41, 5.74) is 0.404. The van der Waals surface area contributed by atoms with Crippen LogP contribution in [0.5, 0.6) is 0 Å². The predicted molar refractivity (Wildman–Crippen MR) is 63.3 cm³/mol. The summed E-state index contributed by atoms with van der Waals surface area (Å²) in [4.78, 5) is 7.54. The number of aromatic nitrogens is 3. The molecular formula is C9H9ClN4O2S. The van der Waals surface area contributed by atoms with Crippen LogP contribution in [0.4, 0.5) is 5.69 Å². The van der Waals surface area contributed by atoms with E-state index >= 15 is 0 Å². The molecule has 0 aliphatic heterocycles. The van der Waals surface area contributed by atoms with Gasteiger partial charge in [-0.2, -0.15) is 8.42 Å². The Morgan fingerprint density at radius 3 is 2.53 bits per heavy atom. The summed E-state index contributed by atoms with van der Waals surface area (Å²) in [6, 6.07) is 3.07. The van der Waals surface area contributed by atoms with Crippen molar-refractivity contribution in [2.75, 3.05) is 4.72 Å². The van der Waals surface area contributed by atoms with Gasteiger partial charge in [-0.3, -0.25) is 9.71 Å². The quantitative estimate of drug-likeness (QED) is 0.913. The first-order valence-electron chi connectivity index (χ1n) is 4.60. The number of sulfonamides is 1. The van der Waals surface area contributed by atoms with Gasteiger partial charge in [0, 0.05) is 19.4 Å². The molecule has 8 heteroatoms. The lowest BCUT2D eigenvalue weighted by molar-refractivity contribution is 0.598. The lowest BCUT2D eigenvalue weighted by Gasteiger charge is -2.05. The van der Waals surface area contributed by atoms with Gasteiger partial charge in [0.05, 0.1) is 12.0 Å². The Morgan fingerprint density at radius 1 is 1.35 bits per heavy atom. The molecule has 2 aromatic heterocycles. The van der Waals surface area contributed by atoms with Crippen molar-refractivity contribution in [3.63, 3.8) is 0 Å². The molecule has 0 radical (unpaired) electrons. The van der Waals surface area contributed by atoms with E-state index in [1.54, 1.807) is 7.05 Å². The molecule has 0 aromatic carbocycles. The Balaban J connectivity index is 2.35. The van der Waals surface area contributed by atoms with Crippen molar-refractivity contribution in [2.24, 2.45) is 7.05 Å². The van der Waals surface area contributed by atoms with Crippen LogP contribution in [0.1, 0.15) is 0 Å². The van der Waals surface area contributed by atoms with Crippen LogP contribution < -0.4 is 4.72 Å². The fourth-order valence-electron chi connectivity index (χ4n) is 1.20. The van der Waals surface area contributed by atoms with Gasteiger partial charge in [0.1, 0.15) is 5.15 Å². The van der Waals surface area contributed by atoms with Gasteiger partial charge in [-0.25, -0.2) is 4.98 Å². The minimum Gasteiger partial charge on any atom is -0.324 e. The summed E-state index contributed by atoms with van der Waals surface area (Å²) in [6.07, 6.45) is 4.30. The minimum atomic E-state index is -3.76. The maximum absolute atomic E-state index is 11.9. The molecule has 6 nitrogen and oxygen atoms in total. The van der Waals surface area contributed by atoms with Gasteiger partial charge in [0.2, 0.25) is 5.03 Å². The standard InChI is InChI=1S/C9H9ClN4O2S/c1-14-6-12-9(8(14)10)17(15,16)13-7-2-4-11-5-3-7/h2-6H,1H3,(H,11,13). The smallest absolute Gasteiger partial charge is 0.282 e. The Hall–Kier alpha value is -1.60. The molecule has 0 fully saturated rings. The van der Waals surface area contributed by atoms with E-state index in [-0.39, 0.29) is 10.2 Å². The Morgan fingerprint density at radius 2 is 2.00 bits per heavy atom. The molecule has 2 aromatic rings. The van der Waals surface area contributed by atoms with Crippen molar-refractivity contribution >= 4 is 27.3 Å². The second-order valence-electron chi connectivity index (χ2n) is 3.29. The highest BCUT2D eigenvalue weighted by atomic mass is 35.5. The van der Waals surface area contributed by atoms with Crippen LogP contribution in [0.3, 0.4) is 0 Å². The first-order chi connectivity index (χ1) is 8.00. The van der Waals surface area contributed by atoms with E-state index in [4.69, 9.17) is 11.6 Å². The van der Waals surface area contributed by atoms with Crippen molar-refractivity contribution in [3.8, 4) is 0 Å². The normalized spacial score (nSPS) is 11.4. The molecule has 2 rings (SSSR count). The number of rotatable bonds is 3. The van der Waals surface area contributed by atoms with Gasteiger partial charge in [-0.1, -0.05) is 11.6 Å². The highest BCUT2D eigenvalue weighted by molar-refractivity contribution is 7.92. The van der Waals surface area contributed by atoms with Crippen molar-refractivity contribution in [3.05, 3.63) is 36.0 Å². The summed E-state index contributed by atoms with van der Waals surface area (Å²) in [6.45, 7) is 0. The molecule has 0 spiro atoms. The van der Waals surface area contributed by atoms with E-state index in [9.17, 15) is 8.42 Å². The summed E-state index contributed by atoms with van der Waals surface area (Å²) in [5, 5.41) is -0.134.